The van der Waals surface area contributed by atoms with E-state index in [4.69, 9.17) is 4.74 Å². The summed E-state index contributed by atoms with van der Waals surface area (Å²) in [5.74, 6) is -0.488. The molecule has 5 nitrogen and oxygen atoms in total. The number of para-hydroxylation sites is 1. The average Bonchev–Trinajstić information content (AvgIpc) is 3.30. The summed E-state index contributed by atoms with van der Waals surface area (Å²) >= 11 is 1.51. The molecule has 0 N–H and O–H groups in total. The lowest BCUT2D eigenvalue weighted by atomic mass is 10.2. The summed E-state index contributed by atoms with van der Waals surface area (Å²) in [6.45, 7) is 4.53. The Kier molecular flexibility index (Phi) is 5.16. The first kappa shape index (κ1) is 18.0. The lowest BCUT2D eigenvalue weighted by Crippen LogP contribution is -2.51. The van der Waals surface area contributed by atoms with Crippen molar-refractivity contribution in [1.29, 1.82) is 0 Å². The molecule has 2 aromatic rings. The van der Waals surface area contributed by atoms with Crippen LogP contribution in [0.5, 0.6) is 0 Å². The molecule has 1 aliphatic heterocycles. The Labute approximate surface area is 163 Å². The van der Waals surface area contributed by atoms with E-state index >= 15 is 0 Å². The van der Waals surface area contributed by atoms with Crippen LogP contribution in [0.15, 0.2) is 36.4 Å². The first-order valence-corrected chi connectivity index (χ1v) is 10.3. The standard InChI is InChI=1S/C21H24N2O3S/c1-15(26-21(25)19-14-16-6-5-9-18(16)27-19)20(24)23-12-10-22(11-13-23)17-7-3-2-4-8-17/h2-4,7-8,14-15H,5-6,9-13H2,1H3/t15-/m1/s1. The fraction of sp³-hybridized carbons (Fsp3) is 0.429. The maximum Gasteiger partial charge on any atom is 0.349 e. The van der Waals surface area contributed by atoms with Crippen LogP contribution in [-0.4, -0.2) is 49.1 Å². The highest BCUT2D eigenvalue weighted by atomic mass is 32.1. The number of fused-ring (bicyclic) bond motifs is 1. The number of hydrogen-bond donors (Lipinski definition) is 0. The van der Waals surface area contributed by atoms with Crippen molar-refractivity contribution in [3.05, 3.63) is 51.7 Å². The molecular formula is C21H24N2O3S. The van der Waals surface area contributed by atoms with E-state index in [-0.39, 0.29) is 11.9 Å². The van der Waals surface area contributed by atoms with Gasteiger partial charge in [0.2, 0.25) is 0 Å². The number of amides is 1. The zero-order chi connectivity index (χ0) is 18.8. The Morgan fingerprint density at radius 2 is 1.81 bits per heavy atom. The molecule has 0 saturated carbocycles. The molecule has 1 atom stereocenters. The SMILES string of the molecule is C[C@@H](OC(=O)c1cc2c(s1)CCC2)C(=O)N1CCN(c2ccccc2)CC1. The second-order valence-corrected chi connectivity index (χ2v) is 8.24. The lowest BCUT2D eigenvalue weighted by Gasteiger charge is -2.37. The zero-order valence-corrected chi connectivity index (χ0v) is 16.3. The van der Waals surface area contributed by atoms with Gasteiger partial charge in [0.1, 0.15) is 4.88 Å². The summed E-state index contributed by atoms with van der Waals surface area (Å²) in [7, 11) is 0. The molecule has 1 amide bonds. The van der Waals surface area contributed by atoms with Crippen molar-refractivity contribution in [2.24, 2.45) is 0 Å². The van der Waals surface area contributed by atoms with Gasteiger partial charge in [-0.25, -0.2) is 4.79 Å². The Morgan fingerprint density at radius 3 is 2.52 bits per heavy atom. The fourth-order valence-electron chi connectivity index (χ4n) is 3.78. The third-order valence-corrected chi connectivity index (χ3v) is 6.51. The van der Waals surface area contributed by atoms with E-state index in [2.05, 4.69) is 17.0 Å². The summed E-state index contributed by atoms with van der Waals surface area (Å²) in [6.07, 6.45) is 2.50. The molecule has 0 unspecified atom stereocenters. The molecule has 1 aromatic carbocycles. The number of hydrogen-bond acceptors (Lipinski definition) is 5. The van der Waals surface area contributed by atoms with Gasteiger partial charge in [0, 0.05) is 36.7 Å². The van der Waals surface area contributed by atoms with Crippen molar-refractivity contribution in [2.45, 2.75) is 32.3 Å². The number of anilines is 1. The second-order valence-electron chi connectivity index (χ2n) is 7.11. The molecule has 6 heteroatoms. The number of ether oxygens (including phenoxy) is 1. The number of aryl methyl sites for hydroxylation is 2. The van der Waals surface area contributed by atoms with Crippen molar-refractivity contribution in [3.8, 4) is 0 Å². The van der Waals surface area contributed by atoms with E-state index in [0.29, 0.717) is 18.0 Å². The van der Waals surface area contributed by atoms with Crippen molar-refractivity contribution < 1.29 is 14.3 Å². The normalized spacial score (nSPS) is 17.5. The van der Waals surface area contributed by atoms with Crippen LogP contribution in [0.4, 0.5) is 5.69 Å². The van der Waals surface area contributed by atoms with E-state index in [1.807, 2.05) is 24.3 Å². The van der Waals surface area contributed by atoms with Gasteiger partial charge >= 0.3 is 5.97 Å². The quantitative estimate of drug-likeness (QED) is 0.760. The third-order valence-electron chi connectivity index (χ3n) is 5.29. The maximum absolute atomic E-state index is 12.7. The summed E-state index contributed by atoms with van der Waals surface area (Å²) in [4.78, 5) is 31.1. The molecule has 0 radical (unpaired) electrons. The van der Waals surface area contributed by atoms with Gasteiger partial charge in [0.15, 0.2) is 6.10 Å². The third kappa shape index (κ3) is 3.86. The molecule has 0 bridgehead atoms. The Morgan fingerprint density at radius 1 is 1.07 bits per heavy atom. The van der Waals surface area contributed by atoms with Gasteiger partial charge in [-0.3, -0.25) is 4.79 Å². The minimum Gasteiger partial charge on any atom is -0.448 e. The molecule has 2 aliphatic rings. The second kappa shape index (κ2) is 7.72. The molecule has 1 aromatic heterocycles. The number of esters is 1. The van der Waals surface area contributed by atoms with E-state index in [1.165, 1.54) is 33.9 Å². The zero-order valence-electron chi connectivity index (χ0n) is 15.5. The Balaban J connectivity index is 1.31. The van der Waals surface area contributed by atoms with Gasteiger partial charge in [-0.2, -0.15) is 0 Å². The van der Waals surface area contributed by atoms with Crippen molar-refractivity contribution in [1.82, 2.24) is 4.90 Å². The van der Waals surface area contributed by atoms with Crippen molar-refractivity contribution in [2.75, 3.05) is 31.1 Å². The molecule has 142 valence electrons. The number of thiophene rings is 1. The molecule has 2 heterocycles. The van der Waals surface area contributed by atoms with Crippen LogP contribution < -0.4 is 4.90 Å². The summed E-state index contributed by atoms with van der Waals surface area (Å²) in [5, 5.41) is 0. The Hall–Kier alpha value is -2.34. The van der Waals surface area contributed by atoms with Gasteiger partial charge in [0.05, 0.1) is 0 Å². The van der Waals surface area contributed by atoms with Crippen molar-refractivity contribution >= 4 is 28.9 Å². The van der Waals surface area contributed by atoms with Crippen LogP contribution in [0, 0.1) is 0 Å². The molecular weight excluding hydrogens is 360 g/mol. The molecule has 4 rings (SSSR count). The minimum absolute atomic E-state index is 0.111. The summed E-state index contributed by atoms with van der Waals surface area (Å²) < 4.78 is 5.47. The van der Waals surface area contributed by atoms with Crippen LogP contribution in [0.2, 0.25) is 0 Å². The molecule has 0 spiro atoms. The molecule has 1 aliphatic carbocycles. The number of piperazine rings is 1. The first-order valence-electron chi connectivity index (χ1n) is 9.53. The number of rotatable bonds is 4. The van der Waals surface area contributed by atoms with E-state index in [9.17, 15) is 9.59 Å². The lowest BCUT2D eigenvalue weighted by molar-refractivity contribution is -0.140. The average molecular weight is 385 g/mol. The topological polar surface area (TPSA) is 49.9 Å². The van der Waals surface area contributed by atoms with Crippen LogP contribution in [0.1, 0.15) is 33.5 Å². The largest absolute Gasteiger partial charge is 0.448 e. The van der Waals surface area contributed by atoms with Gasteiger partial charge in [-0.1, -0.05) is 18.2 Å². The van der Waals surface area contributed by atoms with Gasteiger partial charge < -0.3 is 14.5 Å². The van der Waals surface area contributed by atoms with Gasteiger partial charge in [0.25, 0.3) is 5.91 Å². The molecule has 27 heavy (non-hydrogen) atoms. The number of nitrogens with zero attached hydrogens (tertiary/aromatic N) is 2. The molecule has 1 fully saturated rings. The maximum atomic E-state index is 12.7. The predicted octanol–water partition coefficient (Wildman–Crippen LogP) is 3.13. The highest BCUT2D eigenvalue weighted by molar-refractivity contribution is 7.14. The van der Waals surface area contributed by atoms with E-state index < -0.39 is 6.10 Å². The highest BCUT2D eigenvalue weighted by Gasteiger charge is 2.28. The van der Waals surface area contributed by atoms with Gasteiger partial charge in [-0.15, -0.1) is 11.3 Å². The number of benzene rings is 1. The molecule has 1 saturated heterocycles. The van der Waals surface area contributed by atoms with Crippen LogP contribution in [0.3, 0.4) is 0 Å². The summed E-state index contributed by atoms with van der Waals surface area (Å²) in [5.41, 5.74) is 2.44. The van der Waals surface area contributed by atoms with E-state index in [0.717, 1.165) is 25.9 Å². The highest BCUT2D eigenvalue weighted by Crippen LogP contribution is 2.31. The van der Waals surface area contributed by atoms with E-state index in [1.54, 1.807) is 11.8 Å². The summed E-state index contributed by atoms with van der Waals surface area (Å²) in [6, 6.07) is 12.1. The van der Waals surface area contributed by atoms with Crippen LogP contribution in [-0.2, 0) is 22.4 Å². The fourth-order valence-corrected chi connectivity index (χ4v) is 4.92. The minimum atomic E-state index is -0.752. The Bertz CT molecular complexity index is 804. The van der Waals surface area contributed by atoms with Crippen LogP contribution in [0.25, 0.3) is 0 Å². The number of carbonyl (C=O) groups is 2. The van der Waals surface area contributed by atoms with Gasteiger partial charge in [-0.05, 0) is 49.9 Å². The predicted molar refractivity (Wildman–Crippen MR) is 106 cm³/mol. The monoisotopic (exact) mass is 384 g/mol. The van der Waals surface area contributed by atoms with Crippen molar-refractivity contribution in [3.63, 3.8) is 0 Å². The van der Waals surface area contributed by atoms with Crippen LogP contribution >= 0.6 is 11.3 Å². The number of carbonyl (C=O) groups excluding carboxylic acids is 2. The first-order chi connectivity index (χ1) is 13.1. The smallest absolute Gasteiger partial charge is 0.349 e.